The van der Waals surface area contributed by atoms with Crippen LogP contribution in [-0.4, -0.2) is 19.4 Å². The van der Waals surface area contributed by atoms with E-state index < -0.39 is 15.9 Å². The number of amides is 1. The zero-order valence-corrected chi connectivity index (χ0v) is 17.1. The number of nitrogens with zero attached hydrogens (tertiary/aromatic N) is 3. The minimum atomic E-state index is -3.94. The summed E-state index contributed by atoms with van der Waals surface area (Å²) in [6.07, 6.45) is 2.46. The second-order valence-electron chi connectivity index (χ2n) is 7.26. The van der Waals surface area contributed by atoms with Gasteiger partial charge in [-0.2, -0.15) is 8.42 Å². The number of nitroso groups, excluding NO2 is 1. The Morgan fingerprint density at radius 2 is 1.55 bits per heavy atom. The van der Waals surface area contributed by atoms with Crippen LogP contribution in [0.25, 0.3) is 6.08 Å². The van der Waals surface area contributed by atoms with Gasteiger partial charge in [-0.3, -0.25) is 4.79 Å². The molecule has 0 saturated carbocycles. The lowest BCUT2D eigenvalue weighted by molar-refractivity contribution is -0.126. The summed E-state index contributed by atoms with van der Waals surface area (Å²) in [5.74, 6) is 10.1. The maximum absolute atomic E-state index is 12.8. The number of carbonyl (C=O) groups excluding carboxylic acids is 1. The number of hydrogen-bond donors (Lipinski definition) is 2. The molecule has 0 aliphatic carbocycles. The number of rotatable bonds is 6. The Hall–Kier alpha value is -3.08. The monoisotopic (exact) mass is 417 g/mol. The van der Waals surface area contributed by atoms with E-state index in [0.717, 1.165) is 11.6 Å². The van der Waals surface area contributed by atoms with Crippen molar-refractivity contribution in [3.63, 3.8) is 0 Å². The predicted octanol–water partition coefficient (Wildman–Crippen LogP) is 2.45. The molecule has 2 aromatic carbocycles. The number of hydrazine groups is 2. The SMILES string of the molecule is CC(C)(C)c1ccc(S(=O)(=O)N(N)c2ccc(/C=C/C(=O)N(N)N=O)cc2)cc1. The minimum absolute atomic E-state index is 0.0759. The van der Waals surface area contributed by atoms with Crippen LogP contribution >= 0.6 is 0 Å². The van der Waals surface area contributed by atoms with E-state index in [1.165, 1.54) is 30.3 Å². The van der Waals surface area contributed by atoms with Gasteiger partial charge in [-0.1, -0.05) is 45.0 Å². The summed E-state index contributed by atoms with van der Waals surface area (Å²) in [4.78, 5) is 21.7. The standard InChI is InChI=1S/C19H23N5O4S/c1-19(2,3)15-7-11-17(12-8-15)29(27,28)24(21)16-9-4-14(5-10-16)6-13-18(25)23(20)22-26/h4-13H,20-21H2,1-3H3/b13-6+. The van der Waals surface area contributed by atoms with Crippen molar-refractivity contribution in [1.29, 1.82) is 0 Å². The van der Waals surface area contributed by atoms with Gasteiger partial charge in [-0.25, -0.2) is 16.1 Å². The van der Waals surface area contributed by atoms with Gasteiger partial charge in [-0.15, -0.1) is 10.0 Å². The Morgan fingerprint density at radius 3 is 2.03 bits per heavy atom. The molecule has 0 aromatic heterocycles. The van der Waals surface area contributed by atoms with Crippen molar-refractivity contribution in [3.8, 4) is 0 Å². The first-order valence-corrected chi connectivity index (χ1v) is 10.0. The van der Waals surface area contributed by atoms with Crippen LogP contribution in [0.1, 0.15) is 31.9 Å². The van der Waals surface area contributed by atoms with Crippen molar-refractivity contribution >= 4 is 27.7 Å². The van der Waals surface area contributed by atoms with E-state index in [-0.39, 0.29) is 21.1 Å². The summed E-state index contributed by atoms with van der Waals surface area (Å²) in [7, 11) is -3.94. The fourth-order valence-electron chi connectivity index (χ4n) is 2.40. The van der Waals surface area contributed by atoms with Crippen LogP contribution in [0.5, 0.6) is 0 Å². The molecule has 0 fully saturated rings. The van der Waals surface area contributed by atoms with Gasteiger partial charge >= 0.3 is 0 Å². The molecule has 0 saturated heterocycles. The molecule has 0 spiro atoms. The Balaban J connectivity index is 2.20. The summed E-state index contributed by atoms with van der Waals surface area (Å²) in [6, 6.07) is 12.7. The molecule has 0 unspecified atom stereocenters. The third kappa shape index (κ3) is 5.25. The van der Waals surface area contributed by atoms with E-state index >= 15 is 0 Å². The van der Waals surface area contributed by atoms with Gasteiger partial charge in [0.15, 0.2) is 0 Å². The van der Waals surface area contributed by atoms with Crippen molar-refractivity contribution in [2.75, 3.05) is 4.41 Å². The molecule has 2 rings (SSSR count). The van der Waals surface area contributed by atoms with E-state index in [9.17, 15) is 18.1 Å². The molecule has 154 valence electrons. The second kappa shape index (κ2) is 8.52. The van der Waals surface area contributed by atoms with E-state index in [1.54, 1.807) is 24.3 Å². The molecule has 9 nitrogen and oxygen atoms in total. The van der Waals surface area contributed by atoms with Crippen molar-refractivity contribution in [3.05, 3.63) is 70.6 Å². The topological polar surface area (TPSA) is 139 Å². The molecule has 1 amide bonds. The molecule has 0 heterocycles. The van der Waals surface area contributed by atoms with Gasteiger partial charge in [-0.05, 0) is 46.9 Å². The third-order valence-electron chi connectivity index (χ3n) is 4.16. The number of nitrogens with two attached hydrogens (primary N) is 2. The lowest BCUT2D eigenvalue weighted by atomic mass is 9.87. The van der Waals surface area contributed by atoms with Gasteiger partial charge in [0.05, 0.1) is 15.9 Å². The number of sulfonamides is 1. The average Bonchev–Trinajstić information content (AvgIpc) is 2.70. The largest absolute Gasteiger partial charge is 0.284 e. The number of carbonyl (C=O) groups is 1. The number of anilines is 1. The van der Waals surface area contributed by atoms with Gasteiger partial charge in [0.25, 0.3) is 15.9 Å². The summed E-state index contributed by atoms with van der Waals surface area (Å²) < 4.78 is 26.3. The summed E-state index contributed by atoms with van der Waals surface area (Å²) in [5, 5.41) is 2.44. The molecular weight excluding hydrogens is 394 g/mol. The molecule has 0 bridgehead atoms. The molecule has 0 atom stereocenters. The molecular formula is C19H23N5O4S. The lowest BCUT2D eigenvalue weighted by Gasteiger charge is -2.21. The van der Waals surface area contributed by atoms with Crippen molar-refractivity contribution < 1.29 is 13.2 Å². The second-order valence-corrected chi connectivity index (χ2v) is 9.08. The predicted molar refractivity (Wildman–Crippen MR) is 111 cm³/mol. The molecule has 10 heteroatoms. The van der Waals surface area contributed by atoms with Gasteiger partial charge < -0.3 is 0 Å². The van der Waals surface area contributed by atoms with Crippen LogP contribution in [0.2, 0.25) is 0 Å². The van der Waals surface area contributed by atoms with Crippen LogP contribution in [0.3, 0.4) is 0 Å². The Morgan fingerprint density at radius 1 is 1.00 bits per heavy atom. The third-order valence-corrected chi connectivity index (χ3v) is 5.75. The van der Waals surface area contributed by atoms with E-state index in [1.807, 2.05) is 20.8 Å². The lowest BCUT2D eigenvalue weighted by Crippen LogP contribution is -2.37. The highest BCUT2D eigenvalue weighted by atomic mass is 32.2. The number of hydrogen-bond acceptors (Lipinski definition) is 7. The fourth-order valence-corrected chi connectivity index (χ4v) is 3.50. The highest BCUT2D eigenvalue weighted by Gasteiger charge is 2.23. The van der Waals surface area contributed by atoms with E-state index in [0.29, 0.717) is 9.98 Å². The van der Waals surface area contributed by atoms with Gasteiger partial charge in [0.1, 0.15) is 0 Å². The maximum Gasteiger partial charge on any atom is 0.284 e. The molecule has 0 aliphatic heterocycles. The molecule has 0 aliphatic rings. The van der Waals surface area contributed by atoms with Crippen LogP contribution in [-0.2, 0) is 20.2 Å². The smallest absolute Gasteiger partial charge is 0.266 e. The molecule has 0 radical (unpaired) electrons. The zero-order chi connectivity index (χ0) is 21.8. The van der Waals surface area contributed by atoms with E-state index in [2.05, 4.69) is 5.29 Å². The summed E-state index contributed by atoms with van der Waals surface area (Å²) in [6.45, 7) is 6.11. The van der Waals surface area contributed by atoms with Crippen LogP contribution in [0.15, 0.2) is 64.8 Å². The van der Waals surface area contributed by atoms with Crippen LogP contribution in [0.4, 0.5) is 5.69 Å². The van der Waals surface area contributed by atoms with Crippen molar-refractivity contribution in [2.24, 2.45) is 17.0 Å². The minimum Gasteiger partial charge on any atom is -0.266 e. The molecule has 2 aromatic rings. The average molecular weight is 417 g/mol. The maximum atomic E-state index is 12.8. The quantitative estimate of drug-likeness (QED) is 0.243. The van der Waals surface area contributed by atoms with Crippen LogP contribution in [0, 0.1) is 4.91 Å². The summed E-state index contributed by atoms with van der Waals surface area (Å²) >= 11 is 0. The van der Waals surface area contributed by atoms with Crippen molar-refractivity contribution in [1.82, 2.24) is 5.12 Å². The van der Waals surface area contributed by atoms with Gasteiger partial charge in [0, 0.05) is 6.08 Å². The highest BCUT2D eigenvalue weighted by molar-refractivity contribution is 7.92. The zero-order valence-electron chi connectivity index (χ0n) is 16.3. The van der Waals surface area contributed by atoms with Crippen molar-refractivity contribution in [2.45, 2.75) is 31.1 Å². The van der Waals surface area contributed by atoms with Crippen LogP contribution < -0.4 is 16.1 Å². The first-order valence-electron chi connectivity index (χ1n) is 8.57. The Labute approximate surface area is 169 Å². The van der Waals surface area contributed by atoms with E-state index in [4.69, 9.17) is 11.7 Å². The highest BCUT2D eigenvalue weighted by Crippen LogP contribution is 2.26. The molecule has 4 N–H and O–H groups in total. The molecule has 29 heavy (non-hydrogen) atoms. The normalized spacial score (nSPS) is 12.0. The summed E-state index contributed by atoms with van der Waals surface area (Å²) in [5.41, 5.74) is 1.72. The Kier molecular flexibility index (Phi) is 6.52. The first-order chi connectivity index (χ1) is 13.5. The van der Waals surface area contributed by atoms with Gasteiger partial charge in [0.2, 0.25) is 0 Å². The first kappa shape index (κ1) is 22.2. The number of benzene rings is 2. The fraction of sp³-hybridized carbons (Fsp3) is 0.211. The Bertz CT molecular complexity index is 1010.